The molecule has 0 saturated carbocycles. The van der Waals surface area contributed by atoms with Crippen molar-refractivity contribution in [2.24, 2.45) is 0 Å². The summed E-state index contributed by atoms with van der Waals surface area (Å²) in [4.78, 5) is 12.3. The van der Waals surface area contributed by atoms with E-state index in [1.54, 1.807) is 24.3 Å². The lowest BCUT2D eigenvalue weighted by Crippen LogP contribution is -2.19. The smallest absolute Gasteiger partial charge is 0.280 e. The SMILES string of the molecule is CCOc1ccc(NC(=O)c2nnc3c(C#N)cnn3c2N)cc1. The van der Waals surface area contributed by atoms with E-state index in [1.165, 1.54) is 10.7 Å². The number of nitrogens with two attached hydrogens (primary N) is 1. The van der Waals surface area contributed by atoms with Crippen LogP contribution in [0.15, 0.2) is 30.5 Å². The van der Waals surface area contributed by atoms with Gasteiger partial charge in [-0.2, -0.15) is 14.9 Å². The lowest BCUT2D eigenvalue weighted by atomic mass is 10.3. The molecule has 3 rings (SSSR count). The summed E-state index contributed by atoms with van der Waals surface area (Å²) >= 11 is 0. The van der Waals surface area contributed by atoms with E-state index in [4.69, 9.17) is 15.7 Å². The fraction of sp³-hybridized carbons (Fsp3) is 0.133. The van der Waals surface area contributed by atoms with Gasteiger partial charge in [0.15, 0.2) is 17.2 Å². The minimum absolute atomic E-state index is 0.00457. The van der Waals surface area contributed by atoms with Crippen molar-refractivity contribution >= 4 is 23.1 Å². The number of hydrogen-bond donors (Lipinski definition) is 2. The molecule has 120 valence electrons. The van der Waals surface area contributed by atoms with Gasteiger partial charge in [0.2, 0.25) is 0 Å². The molecule has 3 aromatic rings. The largest absolute Gasteiger partial charge is 0.494 e. The Kier molecular flexibility index (Phi) is 3.94. The number of carbonyl (C=O) groups excluding carboxylic acids is 1. The number of hydrogen-bond acceptors (Lipinski definition) is 7. The van der Waals surface area contributed by atoms with E-state index in [-0.39, 0.29) is 22.7 Å². The van der Waals surface area contributed by atoms with Crippen LogP contribution in [0.3, 0.4) is 0 Å². The predicted molar refractivity (Wildman–Crippen MR) is 85.5 cm³/mol. The summed E-state index contributed by atoms with van der Waals surface area (Å²) in [7, 11) is 0. The Morgan fingerprint density at radius 1 is 1.38 bits per heavy atom. The molecule has 9 heteroatoms. The highest BCUT2D eigenvalue weighted by Gasteiger charge is 2.18. The number of amides is 1. The Hall–Kier alpha value is -3.67. The summed E-state index contributed by atoms with van der Waals surface area (Å²) in [5.41, 5.74) is 6.82. The van der Waals surface area contributed by atoms with Gasteiger partial charge in [-0.15, -0.1) is 10.2 Å². The Labute approximate surface area is 136 Å². The molecule has 0 aliphatic carbocycles. The number of aromatic nitrogens is 4. The number of rotatable bonds is 4. The highest BCUT2D eigenvalue weighted by molar-refractivity contribution is 6.05. The van der Waals surface area contributed by atoms with Crippen LogP contribution in [0.2, 0.25) is 0 Å². The molecule has 3 N–H and O–H groups in total. The third-order valence-corrected chi connectivity index (χ3v) is 3.22. The molecule has 1 amide bonds. The van der Waals surface area contributed by atoms with Crippen LogP contribution in [0.25, 0.3) is 5.65 Å². The van der Waals surface area contributed by atoms with Crippen molar-refractivity contribution in [1.29, 1.82) is 5.26 Å². The predicted octanol–water partition coefficient (Wildman–Crippen LogP) is 1.23. The van der Waals surface area contributed by atoms with Crippen molar-refractivity contribution in [1.82, 2.24) is 19.8 Å². The summed E-state index contributed by atoms with van der Waals surface area (Å²) in [5.74, 6) is 0.182. The molecule has 2 aromatic heterocycles. The topological polar surface area (TPSA) is 131 Å². The fourth-order valence-electron chi connectivity index (χ4n) is 2.10. The van der Waals surface area contributed by atoms with Gasteiger partial charge in [0.05, 0.1) is 12.8 Å². The maximum atomic E-state index is 12.3. The first-order chi connectivity index (χ1) is 11.6. The molecule has 0 fully saturated rings. The zero-order valence-corrected chi connectivity index (χ0v) is 12.7. The Morgan fingerprint density at radius 3 is 2.79 bits per heavy atom. The maximum absolute atomic E-state index is 12.3. The summed E-state index contributed by atoms with van der Waals surface area (Å²) in [5, 5.41) is 23.2. The minimum atomic E-state index is -0.528. The number of benzene rings is 1. The van der Waals surface area contributed by atoms with Gasteiger partial charge in [-0.25, -0.2) is 0 Å². The quantitative estimate of drug-likeness (QED) is 0.738. The van der Waals surface area contributed by atoms with E-state index in [0.29, 0.717) is 18.0 Å². The fourth-order valence-corrected chi connectivity index (χ4v) is 2.10. The number of nitrogens with one attached hydrogen (secondary N) is 1. The Balaban J connectivity index is 1.86. The monoisotopic (exact) mass is 323 g/mol. The van der Waals surface area contributed by atoms with Crippen molar-refractivity contribution in [3.05, 3.63) is 41.7 Å². The minimum Gasteiger partial charge on any atom is -0.494 e. The van der Waals surface area contributed by atoms with Crippen LogP contribution in [0.5, 0.6) is 5.75 Å². The standard InChI is InChI=1S/C15H13N7O2/c1-2-24-11-5-3-10(4-6-11)19-15(23)12-13(17)22-14(21-20-12)9(7-16)8-18-22/h3-6,8H,2,17H2,1H3,(H,19,23). The van der Waals surface area contributed by atoms with Crippen LogP contribution >= 0.6 is 0 Å². The van der Waals surface area contributed by atoms with Crippen LogP contribution in [0, 0.1) is 11.3 Å². The van der Waals surface area contributed by atoms with E-state index in [1.807, 2.05) is 13.0 Å². The van der Waals surface area contributed by atoms with Gasteiger partial charge < -0.3 is 15.8 Å². The summed E-state index contributed by atoms with van der Waals surface area (Å²) < 4.78 is 6.54. The number of anilines is 2. The molecule has 0 unspecified atom stereocenters. The molecular weight excluding hydrogens is 310 g/mol. The van der Waals surface area contributed by atoms with Gasteiger partial charge in [0.25, 0.3) is 5.91 Å². The van der Waals surface area contributed by atoms with Gasteiger partial charge in [-0.3, -0.25) is 4.79 Å². The van der Waals surface area contributed by atoms with Crippen molar-refractivity contribution in [2.45, 2.75) is 6.92 Å². The van der Waals surface area contributed by atoms with E-state index in [9.17, 15) is 4.79 Å². The molecule has 1 aromatic carbocycles. The molecule has 0 aliphatic rings. The average Bonchev–Trinajstić information content (AvgIpc) is 3.01. The van der Waals surface area contributed by atoms with Crippen LogP contribution in [-0.2, 0) is 0 Å². The number of fused-ring (bicyclic) bond motifs is 1. The molecular formula is C15H13N7O2. The molecule has 0 atom stereocenters. The third kappa shape index (κ3) is 2.68. The molecule has 0 aliphatic heterocycles. The summed E-state index contributed by atoms with van der Waals surface area (Å²) in [6.07, 6.45) is 1.31. The van der Waals surface area contributed by atoms with Gasteiger partial charge in [0.1, 0.15) is 17.4 Å². The van der Waals surface area contributed by atoms with Crippen molar-refractivity contribution in [2.75, 3.05) is 17.7 Å². The summed E-state index contributed by atoms with van der Waals surface area (Å²) in [6, 6.07) is 8.81. The second-order valence-electron chi connectivity index (χ2n) is 4.75. The molecule has 0 spiro atoms. The molecule has 2 heterocycles. The molecule has 0 saturated heterocycles. The lowest BCUT2D eigenvalue weighted by molar-refractivity contribution is 0.102. The Morgan fingerprint density at radius 2 is 2.12 bits per heavy atom. The lowest BCUT2D eigenvalue weighted by Gasteiger charge is -2.08. The first-order valence-corrected chi connectivity index (χ1v) is 7.08. The van der Waals surface area contributed by atoms with E-state index >= 15 is 0 Å². The second-order valence-corrected chi connectivity index (χ2v) is 4.75. The van der Waals surface area contributed by atoms with Gasteiger partial charge in [-0.05, 0) is 31.2 Å². The zero-order valence-electron chi connectivity index (χ0n) is 12.7. The highest BCUT2D eigenvalue weighted by Crippen LogP contribution is 2.18. The normalized spacial score (nSPS) is 10.3. The number of carbonyl (C=O) groups is 1. The number of nitrogens with zero attached hydrogens (tertiary/aromatic N) is 5. The van der Waals surface area contributed by atoms with Crippen LogP contribution in [-0.4, -0.2) is 32.3 Å². The van der Waals surface area contributed by atoms with Crippen molar-refractivity contribution < 1.29 is 9.53 Å². The van der Waals surface area contributed by atoms with Crippen LogP contribution in [0.1, 0.15) is 23.0 Å². The van der Waals surface area contributed by atoms with Gasteiger partial charge >= 0.3 is 0 Å². The molecule has 24 heavy (non-hydrogen) atoms. The first kappa shape index (κ1) is 15.2. The van der Waals surface area contributed by atoms with Crippen molar-refractivity contribution in [3.63, 3.8) is 0 Å². The van der Waals surface area contributed by atoms with E-state index in [2.05, 4.69) is 20.6 Å². The number of nitriles is 1. The van der Waals surface area contributed by atoms with Crippen molar-refractivity contribution in [3.8, 4) is 11.8 Å². The van der Waals surface area contributed by atoms with E-state index in [0.717, 1.165) is 0 Å². The maximum Gasteiger partial charge on any atom is 0.280 e. The zero-order chi connectivity index (χ0) is 17.1. The second kappa shape index (κ2) is 6.21. The Bertz CT molecular complexity index is 941. The molecule has 9 nitrogen and oxygen atoms in total. The highest BCUT2D eigenvalue weighted by atomic mass is 16.5. The van der Waals surface area contributed by atoms with E-state index < -0.39 is 5.91 Å². The van der Waals surface area contributed by atoms with Crippen LogP contribution < -0.4 is 15.8 Å². The molecule has 0 radical (unpaired) electrons. The molecule has 0 bridgehead atoms. The third-order valence-electron chi connectivity index (χ3n) is 3.22. The number of nitrogen functional groups attached to an aromatic ring is 1. The summed E-state index contributed by atoms with van der Waals surface area (Å²) in [6.45, 7) is 2.45. The van der Waals surface area contributed by atoms with Crippen LogP contribution in [0.4, 0.5) is 11.5 Å². The van der Waals surface area contributed by atoms with Gasteiger partial charge in [-0.1, -0.05) is 0 Å². The van der Waals surface area contributed by atoms with Gasteiger partial charge in [0, 0.05) is 5.69 Å². The average molecular weight is 323 g/mol. The number of ether oxygens (including phenoxy) is 1. The first-order valence-electron chi connectivity index (χ1n) is 7.08.